The standard InChI is InChI=1S/C12H8N2O3/c15-11-9-3-1-2-4-10(9)14(12(11)16)7-8-5-6-13-17-8/h1-6H,7H2. The van der Waals surface area contributed by atoms with Crippen LogP contribution in [0.15, 0.2) is 41.1 Å². The summed E-state index contributed by atoms with van der Waals surface area (Å²) in [7, 11) is 0. The van der Waals surface area contributed by atoms with E-state index in [0.29, 0.717) is 17.0 Å². The lowest BCUT2D eigenvalue weighted by molar-refractivity contribution is -0.114. The lowest BCUT2D eigenvalue weighted by atomic mass is 10.1. The number of anilines is 1. The van der Waals surface area contributed by atoms with Gasteiger partial charge in [-0.05, 0) is 12.1 Å². The molecule has 1 amide bonds. The summed E-state index contributed by atoms with van der Waals surface area (Å²) in [5.74, 6) is -0.453. The summed E-state index contributed by atoms with van der Waals surface area (Å²) in [6.07, 6.45) is 1.50. The third-order valence-electron chi connectivity index (χ3n) is 2.68. The van der Waals surface area contributed by atoms with Crippen LogP contribution in [0.1, 0.15) is 16.1 Å². The van der Waals surface area contributed by atoms with Crippen LogP contribution in [0, 0.1) is 0 Å². The average molecular weight is 228 g/mol. The molecule has 1 aliphatic heterocycles. The zero-order chi connectivity index (χ0) is 11.8. The van der Waals surface area contributed by atoms with E-state index in [2.05, 4.69) is 5.16 Å². The molecule has 84 valence electrons. The van der Waals surface area contributed by atoms with Crippen molar-refractivity contribution in [2.75, 3.05) is 4.90 Å². The number of carbonyl (C=O) groups excluding carboxylic acids is 2. The second-order valence-electron chi connectivity index (χ2n) is 3.72. The van der Waals surface area contributed by atoms with Gasteiger partial charge in [0.25, 0.3) is 11.7 Å². The Kier molecular flexibility index (Phi) is 2.04. The van der Waals surface area contributed by atoms with Crippen LogP contribution >= 0.6 is 0 Å². The normalized spacial score (nSPS) is 14.2. The molecule has 5 nitrogen and oxygen atoms in total. The van der Waals surface area contributed by atoms with Crippen LogP contribution in [0.5, 0.6) is 0 Å². The molecule has 0 radical (unpaired) electrons. The number of amides is 1. The van der Waals surface area contributed by atoms with Crippen LogP contribution < -0.4 is 4.90 Å². The fourth-order valence-corrected chi connectivity index (χ4v) is 1.88. The Morgan fingerprint density at radius 2 is 2.00 bits per heavy atom. The number of aromatic nitrogens is 1. The van der Waals surface area contributed by atoms with Crippen LogP contribution in [-0.4, -0.2) is 16.8 Å². The van der Waals surface area contributed by atoms with Crippen LogP contribution in [-0.2, 0) is 11.3 Å². The van der Waals surface area contributed by atoms with Gasteiger partial charge in [-0.15, -0.1) is 0 Å². The molecule has 3 rings (SSSR count). The quantitative estimate of drug-likeness (QED) is 0.729. The van der Waals surface area contributed by atoms with Crippen molar-refractivity contribution in [2.45, 2.75) is 6.54 Å². The molecule has 0 N–H and O–H groups in total. The molecule has 1 aliphatic rings. The lowest BCUT2D eigenvalue weighted by Crippen LogP contribution is -2.28. The molecule has 5 heteroatoms. The van der Waals surface area contributed by atoms with Crippen molar-refractivity contribution in [1.82, 2.24) is 5.16 Å². The molecule has 0 saturated heterocycles. The molecule has 1 aromatic heterocycles. The maximum absolute atomic E-state index is 11.8. The van der Waals surface area contributed by atoms with E-state index in [0.717, 1.165) is 0 Å². The second kappa shape index (κ2) is 3.55. The van der Waals surface area contributed by atoms with Crippen molar-refractivity contribution in [3.8, 4) is 0 Å². The van der Waals surface area contributed by atoms with Gasteiger partial charge in [0.1, 0.15) is 0 Å². The molecule has 0 saturated carbocycles. The molecule has 0 unspecified atom stereocenters. The largest absolute Gasteiger partial charge is 0.359 e. The number of carbonyl (C=O) groups is 2. The highest BCUT2D eigenvalue weighted by molar-refractivity contribution is 6.52. The zero-order valence-electron chi connectivity index (χ0n) is 8.79. The predicted molar refractivity (Wildman–Crippen MR) is 58.5 cm³/mol. The Bertz CT molecular complexity index is 590. The van der Waals surface area contributed by atoms with Gasteiger partial charge in [-0.25, -0.2) is 0 Å². The van der Waals surface area contributed by atoms with E-state index in [1.54, 1.807) is 30.3 Å². The fraction of sp³-hybridized carbons (Fsp3) is 0.0833. The molecule has 2 aromatic rings. The van der Waals surface area contributed by atoms with Gasteiger partial charge in [0.15, 0.2) is 5.76 Å². The number of hydrogen-bond donors (Lipinski definition) is 0. The van der Waals surface area contributed by atoms with Gasteiger partial charge >= 0.3 is 0 Å². The van der Waals surface area contributed by atoms with Crippen LogP contribution in [0.25, 0.3) is 0 Å². The summed E-state index contributed by atoms with van der Waals surface area (Å²) in [4.78, 5) is 24.9. The van der Waals surface area contributed by atoms with Crippen LogP contribution in [0.2, 0.25) is 0 Å². The molecule has 17 heavy (non-hydrogen) atoms. The van der Waals surface area contributed by atoms with Gasteiger partial charge in [-0.1, -0.05) is 17.3 Å². The molecule has 0 bridgehead atoms. The molecule has 0 atom stereocenters. The van der Waals surface area contributed by atoms with Crippen LogP contribution in [0.4, 0.5) is 5.69 Å². The minimum Gasteiger partial charge on any atom is -0.359 e. The van der Waals surface area contributed by atoms with Crippen LogP contribution in [0.3, 0.4) is 0 Å². The molecule has 1 aromatic carbocycles. The first-order valence-corrected chi connectivity index (χ1v) is 5.12. The van der Waals surface area contributed by atoms with Gasteiger partial charge in [0.05, 0.1) is 24.0 Å². The highest BCUT2D eigenvalue weighted by Gasteiger charge is 2.35. The minimum absolute atomic E-state index is 0.224. The first-order chi connectivity index (χ1) is 8.27. The van der Waals surface area contributed by atoms with Crippen molar-refractivity contribution in [3.05, 3.63) is 47.9 Å². The Balaban J connectivity index is 2.01. The predicted octanol–water partition coefficient (Wildman–Crippen LogP) is 1.40. The summed E-state index contributed by atoms with van der Waals surface area (Å²) in [5.41, 5.74) is 1.07. The number of ketones is 1. The smallest absolute Gasteiger partial charge is 0.299 e. The van der Waals surface area contributed by atoms with Gasteiger partial charge in [0.2, 0.25) is 0 Å². The number of fused-ring (bicyclic) bond motifs is 1. The number of para-hydroxylation sites is 1. The van der Waals surface area contributed by atoms with Gasteiger partial charge in [-0.3, -0.25) is 14.5 Å². The summed E-state index contributed by atoms with van der Waals surface area (Å²) in [6.45, 7) is 0.224. The minimum atomic E-state index is -0.525. The van der Waals surface area contributed by atoms with E-state index in [1.807, 2.05) is 0 Å². The van der Waals surface area contributed by atoms with Gasteiger partial charge in [0, 0.05) is 6.07 Å². The first kappa shape index (κ1) is 9.77. The molecule has 0 aliphatic carbocycles. The Morgan fingerprint density at radius 1 is 1.18 bits per heavy atom. The lowest BCUT2D eigenvalue weighted by Gasteiger charge is -2.13. The van der Waals surface area contributed by atoms with Crippen molar-refractivity contribution in [3.63, 3.8) is 0 Å². The SMILES string of the molecule is O=C1C(=O)N(Cc2ccno2)c2ccccc21. The Morgan fingerprint density at radius 3 is 2.76 bits per heavy atom. The van der Waals surface area contributed by atoms with Crippen molar-refractivity contribution in [2.24, 2.45) is 0 Å². The summed E-state index contributed by atoms with van der Waals surface area (Å²) in [6, 6.07) is 8.59. The highest BCUT2D eigenvalue weighted by Crippen LogP contribution is 2.29. The molecular weight excluding hydrogens is 220 g/mol. The maximum Gasteiger partial charge on any atom is 0.299 e. The summed E-state index contributed by atoms with van der Waals surface area (Å²) < 4.78 is 4.94. The fourth-order valence-electron chi connectivity index (χ4n) is 1.88. The Hall–Kier alpha value is -2.43. The molecular formula is C12H8N2O3. The third kappa shape index (κ3) is 1.44. The highest BCUT2D eigenvalue weighted by atomic mass is 16.5. The zero-order valence-corrected chi connectivity index (χ0v) is 8.79. The number of hydrogen-bond acceptors (Lipinski definition) is 4. The van der Waals surface area contributed by atoms with Crippen molar-refractivity contribution < 1.29 is 14.1 Å². The van der Waals surface area contributed by atoms with E-state index in [-0.39, 0.29) is 6.54 Å². The van der Waals surface area contributed by atoms with Gasteiger partial charge < -0.3 is 4.52 Å². The summed E-state index contributed by atoms with van der Waals surface area (Å²) >= 11 is 0. The number of benzene rings is 1. The molecule has 0 fully saturated rings. The Labute approximate surface area is 96.6 Å². The van der Waals surface area contributed by atoms with E-state index in [4.69, 9.17) is 4.52 Å². The van der Waals surface area contributed by atoms with Crippen molar-refractivity contribution >= 4 is 17.4 Å². The molecule has 0 spiro atoms. The van der Waals surface area contributed by atoms with E-state index in [9.17, 15) is 9.59 Å². The maximum atomic E-state index is 11.8. The van der Waals surface area contributed by atoms with Gasteiger partial charge in [-0.2, -0.15) is 0 Å². The second-order valence-corrected chi connectivity index (χ2v) is 3.72. The average Bonchev–Trinajstić information content (AvgIpc) is 2.94. The van der Waals surface area contributed by atoms with E-state index >= 15 is 0 Å². The van der Waals surface area contributed by atoms with E-state index < -0.39 is 11.7 Å². The first-order valence-electron chi connectivity index (χ1n) is 5.12. The molecule has 2 heterocycles. The topological polar surface area (TPSA) is 63.4 Å². The number of rotatable bonds is 2. The number of Topliss-reactive ketones (excluding diaryl/α,β-unsaturated/α-hetero) is 1. The number of nitrogens with zero attached hydrogens (tertiary/aromatic N) is 2. The summed E-state index contributed by atoms with van der Waals surface area (Å²) in [5, 5.41) is 3.57. The van der Waals surface area contributed by atoms with Crippen molar-refractivity contribution in [1.29, 1.82) is 0 Å². The van der Waals surface area contributed by atoms with E-state index in [1.165, 1.54) is 11.1 Å². The third-order valence-corrected chi connectivity index (χ3v) is 2.68. The monoisotopic (exact) mass is 228 g/mol.